The molecule has 0 atom stereocenters. The van der Waals surface area contributed by atoms with Gasteiger partial charge in [0, 0.05) is 5.69 Å². The first-order valence-electron chi connectivity index (χ1n) is 12.9. The highest BCUT2D eigenvalue weighted by atomic mass is 16.5. The summed E-state index contributed by atoms with van der Waals surface area (Å²) in [6.07, 6.45) is 0. The predicted molar refractivity (Wildman–Crippen MR) is 154 cm³/mol. The monoisotopic (exact) mass is 540 g/mol. The number of carbonyl (C=O) groups excluding carboxylic acids is 2. The first-order chi connectivity index (χ1) is 19.5. The Labute approximate surface area is 233 Å². The van der Waals surface area contributed by atoms with Gasteiger partial charge in [-0.1, -0.05) is 60.7 Å². The molecule has 206 valence electrons. The first-order valence-corrected chi connectivity index (χ1v) is 12.9. The van der Waals surface area contributed by atoms with Gasteiger partial charge < -0.3 is 24.7 Å². The number of nitrogen functional groups attached to an aromatic ring is 1. The fourth-order valence-corrected chi connectivity index (χ4v) is 4.05. The molecule has 0 spiro atoms. The summed E-state index contributed by atoms with van der Waals surface area (Å²) in [5.74, 6) is 0.224. The molecule has 0 aliphatic heterocycles. The number of rotatable bonds is 12. The molecule has 4 aromatic carbocycles. The molecule has 2 N–H and O–H groups in total. The molecule has 0 saturated carbocycles. The van der Waals surface area contributed by atoms with Crippen LogP contribution in [0.15, 0.2) is 97.1 Å². The highest BCUT2D eigenvalue weighted by Crippen LogP contribution is 2.37. The van der Waals surface area contributed by atoms with Gasteiger partial charge in [0.1, 0.15) is 25.5 Å². The summed E-state index contributed by atoms with van der Waals surface area (Å²) in [7, 11) is 1.46. The first kappa shape index (κ1) is 28.0. The van der Waals surface area contributed by atoms with Crippen LogP contribution in [0, 0.1) is 0 Å². The molecule has 0 bridgehead atoms. The molecule has 0 aliphatic rings. The van der Waals surface area contributed by atoms with Crippen LogP contribution in [0.1, 0.15) is 28.4 Å². The van der Waals surface area contributed by atoms with Crippen molar-refractivity contribution in [3.8, 4) is 17.2 Å². The van der Waals surface area contributed by atoms with Gasteiger partial charge in [0.25, 0.3) is 5.91 Å². The lowest BCUT2D eigenvalue weighted by atomic mass is 10.1. The zero-order valence-electron chi connectivity index (χ0n) is 22.5. The molecule has 4 aromatic rings. The Morgan fingerprint density at radius 2 is 1.38 bits per heavy atom. The molecule has 0 saturated heterocycles. The molecule has 0 radical (unpaired) electrons. The Morgan fingerprint density at radius 1 is 0.775 bits per heavy atom. The number of hydrogen-bond acceptors (Lipinski definition) is 7. The summed E-state index contributed by atoms with van der Waals surface area (Å²) in [5, 5.41) is 0. The quantitative estimate of drug-likeness (QED) is 0.183. The van der Waals surface area contributed by atoms with E-state index in [1.54, 1.807) is 43.3 Å². The van der Waals surface area contributed by atoms with Crippen LogP contribution in [0.25, 0.3) is 0 Å². The van der Waals surface area contributed by atoms with Crippen LogP contribution < -0.4 is 24.8 Å². The Bertz CT molecular complexity index is 1410. The third-order valence-corrected chi connectivity index (χ3v) is 6.07. The van der Waals surface area contributed by atoms with E-state index in [0.29, 0.717) is 30.4 Å². The van der Waals surface area contributed by atoms with Gasteiger partial charge in [-0.2, -0.15) is 0 Å². The Kier molecular flexibility index (Phi) is 9.61. The van der Waals surface area contributed by atoms with Gasteiger partial charge in [-0.25, -0.2) is 0 Å². The van der Waals surface area contributed by atoms with Crippen molar-refractivity contribution < 1.29 is 28.5 Å². The zero-order chi connectivity index (χ0) is 28.3. The SMILES string of the molecule is CCOC(=O)CN(C(=O)c1ccc(OCc2ccccc2)c(OC)c1N)c1ccc(OCc2ccccc2)cc1. The molecule has 0 aliphatic carbocycles. The van der Waals surface area contributed by atoms with Gasteiger partial charge in [-0.15, -0.1) is 0 Å². The average Bonchev–Trinajstić information content (AvgIpc) is 2.99. The Balaban J connectivity index is 1.56. The Hall–Kier alpha value is -4.98. The van der Waals surface area contributed by atoms with E-state index in [1.165, 1.54) is 12.0 Å². The molecule has 1 amide bonds. The minimum absolute atomic E-state index is 0.106. The van der Waals surface area contributed by atoms with Gasteiger partial charge in [0.15, 0.2) is 11.5 Å². The maximum atomic E-state index is 13.8. The molecule has 8 nitrogen and oxygen atoms in total. The molecule has 40 heavy (non-hydrogen) atoms. The molecular formula is C32H32N2O6. The summed E-state index contributed by atoms with van der Waals surface area (Å²) in [4.78, 5) is 27.5. The topological polar surface area (TPSA) is 100 Å². The third kappa shape index (κ3) is 7.11. The molecule has 8 heteroatoms. The number of anilines is 2. The summed E-state index contributed by atoms with van der Waals surface area (Å²) >= 11 is 0. The lowest BCUT2D eigenvalue weighted by Gasteiger charge is -2.24. The van der Waals surface area contributed by atoms with Crippen molar-refractivity contribution in [2.24, 2.45) is 0 Å². The van der Waals surface area contributed by atoms with Crippen molar-refractivity contribution in [1.82, 2.24) is 0 Å². The summed E-state index contributed by atoms with van der Waals surface area (Å²) in [6.45, 7) is 2.31. The van der Waals surface area contributed by atoms with Gasteiger partial charge >= 0.3 is 5.97 Å². The number of benzene rings is 4. The van der Waals surface area contributed by atoms with Gasteiger partial charge in [-0.3, -0.25) is 14.5 Å². The van der Waals surface area contributed by atoms with Crippen molar-refractivity contribution in [2.45, 2.75) is 20.1 Å². The van der Waals surface area contributed by atoms with E-state index in [0.717, 1.165) is 11.1 Å². The number of carbonyl (C=O) groups is 2. The summed E-state index contributed by atoms with van der Waals surface area (Å²) < 4.78 is 22.4. The second-order valence-corrected chi connectivity index (χ2v) is 8.80. The number of methoxy groups -OCH3 is 1. The van der Waals surface area contributed by atoms with Crippen molar-refractivity contribution in [2.75, 3.05) is 30.9 Å². The number of hydrogen-bond donors (Lipinski definition) is 1. The maximum absolute atomic E-state index is 13.8. The third-order valence-electron chi connectivity index (χ3n) is 6.07. The van der Waals surface area contributed by atoms with E-state index in [4.69, 9.17) is 24.7 Å². The van der Waals surface area contributed by atoms with Gasteiger partial charge in [0.05, 0.1) is 25.0 Å². The minimum Gasteiger partial charge on any atom is -0.491 e. The average molecular weight is 541 g/mol. The van der Waals surface area contributed by atoms with Crippen LogP contribution in [-0.2, 0) is 22.7 Å². The molecule has 4 rings (SSSR count). The van der Waals surface area contributed by atoms with Crippen molar-refractivity contribution >= 4 is 23.3 Å². The fraction of sp³-hybridized carbons (Fsp3) is 0.188. The van der Waals surface area contributed by atoms with E-state index >= 15 is 0 Å². The predicted octanol–water partition coefficient (Wildman–Crippen LogP) is 5.65. The molecule has 0 heterocycles. The Morgan fingerprint density at radius 3 is 1.95 bits per heavy atom. The number of amides is 1. The molecular weight excluding hydrogens is 508 g/mol. The van der Waals surface area contributed by atoms with Crippen LogP contribution >= 0.6 is 0 Å². The number of ether oxygens (including phenoxy) is 4. The second-order valence-electron chi connectivity index (χ2n) is 8.80. The largest absolute Gasteiger partial charge is 0.491 e. The van der Waals surface area contributed by atoms with Gasteiger partial charge in [0.2, 0.25) is 0 Å². The van der Waals surface area contributed by atoms with Crippen molar-refractivity contribution in [3.05, 3.63) is 114 Å². The van der Waals surface area contributed by atoms with E-state index in [1.807, 2.05) is 60.7 Å². The van der Waals surface area contributed by atoms with E-state index in [9.17, 15) is 9.59 Å². The van der Waals surface area contributed by atoms with Crippen LogP contribution in [0.5, 0.6) is 17.2 Å². The zero-order valence-corrected chi connectivity index (χ0v) is 22.5. The van der Waals surface area contributed by atoms with Crippen LogP contribution in [0.4, 0.5) is 11.4 Å². The minimum atomic E-state index is -0.548. The standard InChI is InChI=1S/C32H32N2O6/c1-3-38-29(35)20-34(25-14-16-26(17-15-25)39-21-23-10-6-4-7-11-23)32(36)27-18-19-28(31(37-2)30(27)33)40-22-24-12-8-5-9-13-24/h4-19H,3,20-22,33H2,1-2H3. The normalized spacial score (nSPS) is 10.4. The molecule has 0 unspecified atom stereocenters. The summed E-state index contributed by atoms with van der Waals surface area (Å²) in [5.41, 5.74) is 9.16. The van der Waals surface area contributed by atoms with Crippen molar-refractivity contribution in [1.29, 1.82) is 0 Å². The lowest BCUT2D eigenvalue weighted by molar-refractivity contribution is -0.141. The second kappa shape index (κ2) is 13.7. The maximum Gasteiger partial charge on any atom is 0.326 e. The van der Waals surface area contributed by atoms with E-state index in [2.05, 4.69) is 0 Å². The van der Waals surface area contributed by atoms with Gasteiger partial charge in [-0.05, 0) is 54.4 Å². The van der Waals surface area contributed by atoms with E-state index in [-0.39, 0.29) is 30.2 Å². The van der Waals surface area contributed by atoms with Crippen LogP contribution in [-0.4, -0.2) is 32.1 Å². The van der Waals surface area contributed by atoms with Crippen molar-refractivity contribution in [3.63, 3.8) is 0 Å². The molecule has 0 aromatic heterocycles. The number of esters is 1. The molecule has 0 fully saturated rings. The fourth-order valence-electron chi connectivity index (χ4n) is 4.05. The summed E-state index contributed by atoms with van der Waals surface area (Å²) in [6, 6.07) is 29.6. The van der Waals surface area contributed by atoms with Crippen LogP contribution in [0.3, 0.4) is 0 Å². The number of nitrogens with zero attached hydrogens (tertiary/aromatic N) is 1. The lowest BCUT2D eigenvalue weighted by Crippen LogP contribution is -2.37. The highest BCUT2D eigenvalue weighted by Gasteiger charge is 2.26. The number of nitrogens with two attached hydrogens (primary N) is 1. The highest BCUT2D eigenvalue weighted by molar-refractivity contribution is 6.12. The smallest absolute Gasteiger partial charge is 0.326 e. The van der Waals surface area contributed by atoms with E-state index < -0.39 is 11.9 Å². The van der Waals surface area contributed by atoms with Crippen LogP contribution in [0.2, 0.25) is 0 Å².